The minimum atomic E-state index is -0.950. The smallest absolute Gasteiger partial charge is 0.339 e. The molecule has 0 amide bonds. The van der Waals surface area contributed by atoms with E-state index in [2.05, 4.69) is 24.0 Å². The maximum absolute atomic E-state index is 10.9. The molecule has 6 heteroatoms. The van der Waals surface area contributed by atoms with Gasteiger partial charge in [0, 0.05) is 12.2 Å². The van der Waals surface area contributed by atoms with Crippen LogP contribution in [0.25, 0.3) is 0 Å². The van der Waals surface area contributed by atoms with Crippen LogP contribution < -0.4 is 0 Å². The molecule has 2 heterocycles. The summed E-state index contributed by atoms with van der Waals surface area (Å²) in [5, 5.41) is 17.6. The molecule has 0 spiro atoms. The first-order chi connectivity index (χ1) is 9.02. The lowest BCUT2D eigenvalue weighted by molar-refractivity contribution is 0.0696. The highest BCUT2D eigenvalue weighted by molar-refractivity contribution is 5.88. The summed E-state index contributed by atoms with van der Waals surface area (Å²) in [4.78, 5) is 10.9. The number of carboxylic acid groups (broad SMARTS) is 1. The van der Waals surface area contributed by atoms with Crippen molar-refractivity contribution in [2.75, 3.05) is 0 Å². The van der Waals surface area contributed by atoms with E-state index in [9.17, 15) is 4.79 Å². The van der Waals surface area contributed by atoms with E-state index in [4.69, 9.17) is 5.11 Å². The number of rotatable bonds is 5. The molecule has 0 bridgehead atoms. The molecule has 0 aromatic carbocycles. The predicted octanol–water partition coefficient (Wildman–Crippen LogP) is 2.11. The molecule has 2 aromatic rings. The highest BCUT2D eigenvalue weighted by atomic mass is 16.4. The van der Waals surface area contributed by atoms with E-state index in [1.54, 1.807) is 11.6 Å². The Hall–Kier alpha value is -2.11. The lowest BCUT2D eigenvalue weighted by Crippen LogP contribution is -2.08. The molecule has 2 rings (SSSR count). The van der Waals surface area contributed by atoms with Gasteiger partial charge in [-0.1, -0.05) is 6.92 Å². The Morgan fingerprint density at radius 2 is 2.26 bits per heavy atom. The monoisotopic (exact) mass is 262 g/mol. The van der Waals surface area contributed by atoms with Crippen LogP contribution in [0.15, 0.2) is 18.5 Å². The molecule has 0 fully saturated rings. The molecule has 102 valence electrons. The Balaban J connectivity index is 2.17. The van der Waals surface area contributed by atoms with Crippen molar-refractivity contribution in [1.29, 1.82) is 0 Å². The van der Waals surface area contributed by atoms with Crippen molar-refractivity contribution < 1.29 is 9.90 Å². The van der Waals surface area contributed by atoms with Crippen LogP contribution >= 0.6 is 0 Å². The standard InChI is InChI=1S/C13H18N4O2/c1-4-9(2)16-6-5-11(15-16)8-17-10(3)12(7-14-17)13(18)19/h5-7,9H,4,8H2,1-3H3,(H,18,19). The van der Waals surface area contributed by atoms with Crippen LogP contribution in [0.1, 0.15) is 48.1 Å². The maximum atomic E-state index is 10.9. The number of hydrogen-bond acceptors (Lipinski definition) is 3. The van der Waals surface area contributed by atoms with Crippen LogP contribution in [0.4, 0.5) is 0 Å². The molecule has 0 aliphatic carbocycles. The summed E-state index contributed by atoms with van der Waals surface area (Å²) in [6.07, 6.45) is 4.34. The van der Waals surface area contributed by atoms with Gasteiger partial charge in [0.25, 0.3) is 0 Å². The fourth-order valence-corrected chi connectivity index (χ4v) is 1.86. The fourth-order valence-electron chi connectivity index (χ4n) is 1.86. The van der Waals surface area contributed by atoms with Crippen LogP contribution in [0.3, 0.4) is 0 Å². The Bertz CT molecular complexity index is 585. The maximum Gasteiger partial charge on any atom is 0.339 e. The second kappa shape index (κ2) is 5.26. The predicted molar refractivity (Wildman–Crippen MR) is 70.3 cm³/mol. The molecule has 1 unspecified atom stereocenters. The van der Waals surface area contributed by atoms with Crippen molar-refractivity contribution in [3.8, 4) is 0 Å². The largest absolute Gasteiger partial charge is 0.478 e. The Morgan fingerprint density at radius 1 is 1.53 bits per heavy atom. The molecular formula is C13H18N4O2. The van der Waals surface area contributed by atoms with Gasteiger partial charge in [-0.25, -0.2) is 4.79 Å². The van der Waals surface area contributed by atoms with Crippen molar-refractivity contribution in [1.82, 2.24) is 19.6 Å². The van der Waals surface area contributed by atoms with Gasteiger partial charge in [0.1, 0.15) is 5.56 Å². The molecule has 19 heavy (non-hydrogen) atoms. The minimum absolute atomic E-state index is 0.237. The zero-order chi connectivity index (χ0) is 14.0. The lowest BCUT2D eigenvalue weighted by atomic mass is 10.2. The van der Waals surface area contributed by atoms with Crippen molar-refractivity contribution in [3.63, 3.8) is 0 Å². The number of hydrogen-bond donors (Lipinski definition) is 1. The van der Waals surface area contributed by atoms with Crippen LogP contribution in [0, 0.1) is 6.92 Å². The Morgan fingerprint density at radius 3 is 2.84 bits per heavy atom. The average molecular weight is 262 g/mol. The van der Waals surface area contributed by atoms with Gasteiger partial charge in [-0.05, 0) is 26.3 Å². The summed E-state index contributed by atoms with van der Waals surface area (Å²) in [7, 11) is 0. The molecule has 0 saturated carbocycles. The molecule has 0 aliphatic rings. The van der Waals surface area contributed by atoms with Crippen molar-refractivity contribution >= 4 is 5.97 Å². The van der Waals surface area contributed by atoms with Gasteiger partial charge in [0.05, 0.1) is 24.1 Å². The zero-order valence-electron chi connectivity index (χ0n) is 11.4. The third-order valence-electron chi connectivity index (χ3n) is 3.35. The van der Waals surface area contributed by atoms with E-state index in [-0.39, 0.29) is 5.56 Å². The van der Waals surface area contributed by atoms with Crippen molar-refractivity contribution in [2.45, 2.75) is 39.8 Å². The Labute approximate surface area is 111 Å². The summed E-state index contributed by atoms with van der Waals surface area (Å²) in [5.41, 5.74) is 1.76. The van der Waals surface area contributed by atoms with Gasteiger partial charge in [-0.3, -0.25) is 9.36 Å². The number of nitrogens with zero attached hydrogens (tertiary/aromatic N) is 4. The molecule has 6 nitrogen and oxygen atoms in total. The van der Waals surface area contributed by atoms with Crippen LogP contribution in [0.2, 0.25) is 0 Å². The number of aromatic nitrogens is 4. The molecule has 0 radical (unpaired) electrons. The lowest BCUT2D eigenvalue weighted by Gasteiger charge is -2.08. The van der Waals surface area contributed by atoms with E-state index < -0.39 is 5.97 Å². The quantitative estimate of drug-likeness (QED) is 0.895. The minimum Gasteiger partial charge on any atom is -0.478 e. The van der Waals surface area contributed by atoms with Crippen LogP contribution in [0.5, 0.6) is 0 Å². The summed E-state index contributed by atoms with van der Waals surface area (Å²) in [6.45, 7) is 6.46. The van der Waals surface area contributed by atoms with Gasteiger partial charge in [0.2, 0.25) is 0 Å². The molecular weight excluding hydrogens is 244 g/mol. The van der Waals surface area contributed by atoms with Gasteiger partial charge >= 0.3 is 5.97 Å². The SMILES string of the molecule is CCC(C)n1ccc(Cn2ncc(C(=O)O)c2C)n1. The first-order valence-electron chi connectivity index (χ1n) is 6.32. The molecule has 2 aromatic heterocycles. The molecule has 0 aliphatic heterocycles. The molecule has 1 N–H and O–H groups in total. The van der Waals surface area contributed by atoms with E-state index in [0.29, 0.717) is 18.3 Å². The first-order valence-corrected chi connectivity index (χ1v) is 6.32. The highest BCUT2D eigenvalue weighted by Gasteiger charge is 2.13. The highest BCUT2D eigenvalue weighted by Crippen LogP contribution is 2.12. The Kier molecular flexibility index (Phi) is 3.69. The zero-order valence-corrected chi connectivity index (χ0v) is 11.4. The summed E-state index contributed by atoms with van der Waals surface area (Å²) in [6, 6.07) is 2.30. The van der Waals surface area contributed by atoms with E-state index in [0.717, 1.165) is 12.1 Å². The molecule has 0 saturated heterocycles. The van der Waals surface area contributed by atoms with Crippen LogP contribution in [-0.4, -0.2) is 30.6 Å². The van der Waals surface area contributed by atoms with Crippen LogP contribution in [-0.2, 0) is 6.54 Å². The third kappa shape index (κ3) is 2.67. The first kappa shape index (κ1) is 13.3. The number of carbonyl (C=O) groups is 1. The average Bonchev–Trinajstić information content (AvgIpc) is 2.97. The number of carboxylic acids is 1. The van der Waals surface area contributed by atoms with E-state index in [1.807, 2.05) is 16.9 Å². The van der Waals surface area contributed by atoms with E-state index in [1.165, 1.54) is 6.20 Å². The second-order valence-electron chi connectivity index (χ2n) is 4.65. The molecule has 1 atom stereocenters. The van der Waals surface area contributed by atoms with Gasteiger partial charge in [-0.2, -0.15) is 10.2 Å². The van der Waals surface area contributed by atoms with Gasteiger partial charge < -0.3 is 5.11 Å². The summed E-state index contributed by atoms with van der Waals surface area (Å²) < 4.78 is 3.58. The third-order valence-corrected chi connectivity index (χ3v) is 3.35. The van der Waals surface area contributed by atoms with Crippen molar-refractivity contribution in [3.05, 3.63) is 35.4 Å². The normalized spacial score (nSPS) is 12.6. The van der Waals surface area contributed by atoms with Gasteiger partial charge in [0.15, 0.2) is 0 Å². The topological polar surface area (TPSA) is 72.9 Å². The fraction of sp³-hybridized carbons (Fsp3) is 0.462. The second-order valence-corrected chi connectivity index (χ2v) is 4.65. The van der Waals surface area contributed by atoms with E-state index >= 15 is 0 Å². The summed E-state index contributed by atoms with van der Waals surface area (Å²) in [5.74, 6) is -0.950. The number of aromatic carboxylic acids is 1. The summed E-state index contributed by atoms with van der Waals surface area (Å²) >= 11 is 0. The van der Waals surface area contributed by atoms with Crippen molar-refractivity contribution in [2.24, 2.45) is 0 Å². The van der Waals surface area contributed by atoms with Gasteiger partial charge in [-0.15, -0.1) is 0 Å².